The van der Waals surface area contributed by atoms with Gasteiger partial charge in [-0.15, -0.1) is 40.9 Å². The number of azo groups is 4. The Hall–Kier alpha value is -14.1. The topological polar surface area (TPSA) is 569 Å². The first kappa shape index (κ1) is 115. The Kier molecular flexibility index (Phi) is 37.5. The predicted octanol–water partition coefficient (Wildman–Crippen LogP) is 20.6. The van der Waals surface area contributed by atoms with Crippen molar-refractivity contribution < 1.29 is 153 Å². The largest absolute Gasteiger partial charge is 0.537 e. The molecule has 15 aromatic rings. The van der Waals surface area contributed by atoms with Gasteiger partial charge < -0.3 is 68.0 Å². The number of nitrogens with zero attached hydrogens (tertiary/aromatic N) is 23. The van der Waals surface area contributed by atoms with E-state index in [1.807, 2.05) is 83.1 Å². The number of benzene rings is 8. The van der Waals surface area contributed by atoms with E-state index >= 15 is 0 Å². The number of amides is 4. The van der Waals surface area contributed by atoms with Gasteiger partial charge in [0.05, 0.1) is 120 Å². The van der Waals surface area contributed by atoms with Crippen molar-refractivity contribution in [3.8, 4) is 35.0 Å². The number of aromatic nitrogens is 11. The number of hydrogen-bond acceptors (Lipinski definition) is 33. The number of methoxy groups -OCH3 is 2. The van der Waals surface area contributed by atoms with Crippen LogP contribution >= 0.6 is 0 Å². The first-order chi connectivity index (χ1) is 65.8. The Morgan fingerprint density at radius 2 is 0.549 bits per heavy atom. The molecule has 0 fully saturated rings. The maximum atomic E-state index is 13.0. The minimum atomic E-state index is -4.45. The smallest absolute Gasteiger partial charge is 0.238 e. The third kappa shape index (κ3) is 26.6. The second-order valence-electron chi connectivity index (χ2n) is 34.9. The van der Waals surface area contributed by atoms with Crippen LogP contribution < -0.4 is 9.47 Å². The van der Waals surface area contributed by atoms with Crippen LogP contribution in [0.1, 0.15) is 147 Å². The molecule has 7 aromatic heterocycles. The quantitative estimate of drug-likeness (QED) is 0.0361. The SMILES string of the molecule is COc1ccc(OC)c(S(=O)(=O)[N-]C(=O)c2ccccc2N=Nc2c(C(C)(C)C)nn(C)c2O)c1.Cn1nc(C(C)(C)C)c(N=Nc2ccccc2C(=O)[N-]S(=O)(=O)c2cccc3cccnc23)c1O.Cn1nc(C(C)(C)C)c(N=Nc2ccccc2C(=O)[N-]S(=O)(=O)c2cccc3cccnc23)c1O.Cn1nc(C(C)(C)C)c(N=Nc2ccccc2C(=O)[N-]S(=O)(=O)c2cccc3cccnc23)c1O.[Co].[Fe].[Ni].[Zn]. The number of ether oxygens (including phenoxy) is 2. The van der Waals surface area contributed by atoms with Crippen LogP contribution in [0.15, 0.2) is 285 Å². The number of carbonyl (C=O) groups excluding carboxylic acids is 4. The van der Waals surface area contributed by atoms with Gasteiger partial charge in [-0.2, -0.15) is 20.4 Å². The van der Waals surface area contributed by atoms with Crippen LogP contribution in [0.4, 0.5) is 45.5 Å². The fraction of sp³-hybridized carbons (Fsp3) is 0.232. The molecule has 0 saturated carbocycles. The minimum absolute atomic E-state index is 0. The second kappa shape index (κ2) is 46.9. The van der Waals surface area contributed by atoms with E-state index in [2.05, 4.69) is 95.1 Å². The van der Waals surface area contributed by atoms with Gasteiger partial charge >= 0.3 is 0 Å². The number of carbonyl (C=O) groups is 4. The van der Waals surface area contributed by atoms with E-state index in [-0.39, 0.29) is 209 Å². The van der Waals surface area contributed by atoms with E-state index < -0.39 is 85.4 Å². The zero-order valence-electron chi connectivity index (χ0n) is 80.5. The van der Waals surface area contributed by atoms with Crippen molar-refractivity contribution in [1.29, 1.82) is 0 Å². The number of para-hydroxylation sites is 3. The zero-order chi connectivity index (χ0) is 102. The number of rotatable bonds is 22. The molecule has 0 aliphatic carbocycles. The van der Waals surface area contributed by atoms with Crippen molar-refractivity contribution in [2.45, 2.75) is 124 Å². The summed E-state index contributed by atoms with van der Waals surface area (Å²) in [7, 11) is -8.55. The molecule has 0 saturated heterocycles. The standard InChI is InChI=1S/3C24H24N6O4S.C23H27N5O6S.Co.Fe.Ni.Zn/c3*1-24(2,3)21-20(23(32)30(4)28-21)27-26-17-12-6-5-11-16(17)22(31)29-35(33,34)18-13-7-9-15-10-8-14-25-19(15)18;1-23(2,3)20-19(22(30)28(4)26-20)25-24-16-10-8-7-9-15(16)21(29)27-35(31,32)18-13-14(33-5)11-12-17(18)34-6;;;;/h3*5-14H,1-4H3,(H2,26,28,29,31,32);7-13H,1-6H3,(H2,24,26,27,29,30);;;;/p-4. The summed E-state index contributed by atoms with van der Waals surface area (Å²) >= 11 is 0. The Labute approximate surface area is 873 Å². The summed E-state index contributed by atoms with van der Waals surface area (Å²) in [5.74, 6) is -4.52. The molecule has 0 bridgehead atoms. The molecule has 49 heteroatoms. The van der Waals surface area contributed by atoms with E-state index in [0.29, 0.717) is 38.9 Å². The zero-order valence-corrected chi connectivity index (χ0v) is 89.9. The molecule has 8 aromatic carbocycles. The fourth-order valence-corrected chi connectivity index (χ4v) is 17.8. The summed E-state index contributed by atoms with van der Waals surface area (Å²) < 4.78 is 133. The summed E-state index contributed by atoms with van der Waals surface area (Å²) in [6, 6.07) is 52.6. The van der Waals surface area contributed by atoms with Gasteiger partial charge in [0.1, 0.15) is 51.6 Å². The summed E-state index contributed by atoms with van der Waals surface area (Å²) in [4.78, 5) is 63.4. The molecule has 41 nitrogen and oxygen atoms in total. The number of hydrogen-bond donors (Lipinski definition) is 4. The van der Waals surface area contributed by atoms with Crippen molar-refractivity contribution in [1.82, 2.24) is 54.1 Å². The fourth-order valence-electron chi connectivity index (χ4n) is 13.5. The van der Waals surface area contributed by atoms with Crippen LogP contribution in [0.3, 0.4) is 0 Å². The van der Waals surface area contributed by atoms with E-state index in [1.165, 1.54) is 136 Å². The monoisotopic (exact) mass is 2210 g/mol. The maximum absolute atomic E-state index is 13.0. The average Bonchev–Trinajstić information content (AvgIpc) is 1.65. The molecule has 0 aliphatic heterocycles. The molecular formula is C95H95CoFeN23NiO18S4Zn-4. The molecule has 0 spiro atoms. The molecule has 0 unspecified atom stereocenters. The van der Waals surface area contributed by atoms with E-state index in [0.717, 1.165) is 0 Å². The van der Waals surface area contributed by atoms with Gasteiger partial charge in [0.25, 0.3) is 0 Å². The Balaban J connectivity index is 0.000000232. The number of sulfonamides is 4. The van der Waals surface area contributed by atoms with Gasteiger partial charge in [0, 0.05) is 183 Å². The summed E-state index contributed by atoms with van der Waals surface area (Å²) in [5.41, 5.74) is 1.67. The molecule has 0 aliphatic rings. The van der Waals surface area contributed by atoms with Gasteiger partial charge in [0.2, 0.25) is 23.5 Å². The van der Waals surface area contributed by atoms with Crippen molar-refractivity contribution in [2.24, 2.45) is 69.1 Å². The van der Waals surface area contributed by atoms with Gasteiger partial charge in [-0.25, -0.2) is 52.4 Å². The second-order valence-corrected chi connectivity index (χ2v) is 41.2. The van der Waals surface area contributed by atoms with Crippen LogP contribution in [0, 0.1) is 0 Å². The molecule has 4 N–H and O–H groups in total. The molecule has 4 amide bonds. The molecule has 1 radical (unpaired) electrons. The third-order valence-corrected chi connectivity index (χ3v) is 25.6. The normalized spacial score (nSPS) is 11.9. The predicted molar refractivity (Wildman–Crippen MR) is 521 cm³/mol. The van der Waals surface area contributed by atoms with Gasteiger partial charge in [-0.1, -0.05) is 210 Å². The molecule has 15 rings (SSSR count). The van der Waals surface area contributed by atoms with Gasteiger partial charge in [-0.3, -0.25) is 15.0 Å². The van der Waals surface area contributed by atoms with Crippen LogP contribution in [0.2, 0.25) is 0 Å². The Morgan fingerprint density at radius 3 is 0.778 bits per heavy atom. The number of aromatic hydroxyl groups is 4. The van der Waals surface area contributed by atoms with Crippen LogP contribution in [0.5, 0.6) is 35.0 Å². The minimum Gasteiger partial charge on any atom is -0.537 e. The van der Waals surface area contributed by atoms with Crippen LogP contribution in [-0.2, 0) is 160 Å². The van der Waals surface area contributed by atoms with Gasteiger partial charge in [0.15, 0.2) is 22.7 Å². The molecule has 144 heavy (non-hydrogen) atoms. The Morgan fingerprint density at radius 1 is 0.319 bits per heavy atom. The van der Waals surface area contributed by atoms with Crippen molar-refractivity contribution in [3.05, 3.63) is 289 Å². The molecular weight excluding hydrogens is 2120 g/mol. The summed E-state index contributed by atoms with van der Waals surface area (Å²) in [5, 5.41) is 93.5. The first-order valence-electron chi connectivity index (χ1n) is 42.3. The number of fused-ring (bicyclic) bond motifs is 3. The van der Waals surface area contributed by atoms with E-state index in [9.17, 15) is 73.3 Å². The van der Waals surface area contributed by atoms with Crippen LogP contribution in [-0.4, -0.2) is 146 Å². The number of pyridine rings is 3. The molecule has 755 valence electrons. The first-order valence-corrected chi connectivity index (χ1v) is 48.0. The Bertz CT molecular complexity index is 7400. The summed E-state index contributed by atoms with van der Waals surface area (Å²) in [6.45, 7) is 22.9. The van der Waals surface area contributed by atoms with Crippen LogP contribution in [0.25, 0.3) is 51.6 Å². The van der Waals surface area contributed by atoms with Gasteiger partial charge in [-0.05, 0) is 72.8 Å². The maximum Gasteiger partial charge on any atom is 0.238 e. The molecule has 0 atom stereocenters. The summed E-state index contributed by atoms with van der Waals surface area (Å²) in [6.07, 6.45) is 4.41. The van der Waals surface area contributed by atoms with Crippen molar-refractivity contribution in [3.63, 3.8) is 0 Å². The molecule has 7 heterocycles. The number of aryl methyl sites for hydroxylation is 4. The third-order valence-electron chi connectivity index (χ3n) is 20.5. The van der Waals surface area contributed by atoms with Crippen molar-refractivity contribution >= 4 is 142 Å². The van der Waals surface area contributed by atoms with Crippen molar-refractivity contribution in [2.75, 3.05) is 14.2 Å². The average molecular weight is 2210 g/mol. The van der Waals surface area contributed by atoms with E-state index in [4.69, 9.17) is 9.47 Å². The van der Waals surface area contributed by atoms with E-state index in [1.54, 1.807) is 150 Å².